The van der Waals surface area contributed by atoms with Gasteiger partial charge in [0, 0.05) is 17.7 Å². The van der Waals surface area contributed by atoms with E-state index < -0.39 is 0 Å². The van der Waals surface area contributed by atoms with Crippen molar-refractivity contribution in [2.24, 2.45) is 0 Å². The highest BCUT2D eigenvalue weighted by molar-refractivity contribution is 5.95. The SMILES string of the molecule is CCOc1ccc(C(=O)N2CCC[C@@H]2c2nc(-c3ccc(OC)cc3)no2)cc1OCC. The quantitative estimate of drug-likeness (QED) is 0.512. The number of carbonyl (C=O) groups excluding carboxylic acids is 1. The number of likely N-dealkylation sites (tertiary alicyclic amines) is 1. The van der Waals surface area contributed by atoms with Gasteiger partial charge in [0.1, 0.15) is 11.8 Å². The average molecular weight is 437 g/mol. The molecule has 2 heterocycles. The molecule has 1 fully saturated rings. The molecule has 8 nitrogen and oxygen atoms in total. The first-order valence-electron chi connectivity index (χ1n) is 10.8. The first kappa shape index (κ1) is 21.7. The van der Waals surface area contributed by atoms with Crippen molar-refractivity contribution in [3.63, 3.8) is 0 Å². The summed E-state index contributed by atoms with van der Waals surface area (Å²) in [6, 6.07) is 12.5. The summed E-state index contributed by atoms with van der Waals surface area (Å²) in [5.74, 6) is 2.78. The molecule has 32 heavy (non-hydrogen) atoms. The van der Waals surface area contributed by atoms with Crippen molar-refractivity contribution in [2.45, 2.75) is 32.7 Å². The van der Waals surface area contributed by atoms with Crippen LogP contribution in [0.4, 0.5) is 0 Å². The second kappa shape index (κ2) is 9.72. The fourth-order valence-corrected chi connectivity index (χ4v) is 3.84. The summed E-state index contributed by atoms with van der Waals surface area (Å²) in [6.07, 6.45) is 1.64. The molecule has 0 saturated carbocycles. The Morgan fingerprint density at radius 2 is 1.84 bits per heavy atom. The summed E-state index contributed by atoms with van der Waals surface area (Å²) >= 11 is 0. The molecular formula is C24H27N3O5. The third kappa shape index (κ3) is 4.39. The third-order valence-electron chi connectivity index (χ3n) is 5.38. The van der Waals surface area contributed by atoms with Gasteiger partial charge < -0.3 is 23.6 Å². The Balaban J connectivity index is 1.55. The summed E-state index contributed by atoms with van der Waals surface area (Å²) in [4.78, 5) is 19.7. The van der Waals surface area contributed by atoms with Crippen LogP contribution >= 0.6 is 0 Å². The summed E-state index contributed by atoms with van der Waals surface area (Å²) < 4.78 is 22.0. The number of methoxy groups -OCH3 is 1. The number of hydrogen-bond acceptors (Lipinski definition) is 7. The number of ether oxygens (including phenoxy) is 3. The number of nitrogens with zero attached hydrogens (tertiary/aromatic N) is 3. The van der Waals surface area contributed by atoms with Gasteiger partial charge in [-0.3, -0.25) is 4.79 Å². The Labute approximate surface area is 187 Å². The zero-order valence-corrected chi connectivity index (χ0v) is 18.5. The van der Waals surface area contributed by atoms with Crippen LogP contribution < -0.4 is 14.2 Å². The molecule has 4 rings (SSSR count). The molecule has 0 bridgehead atoms. The molecule has 1 saturated heterocycles. The maximum Gasteiger partial charge on any atom is 0.254 e. The van der Waals surface area contributed by atoms with Crippen LogP contribution in [-0.4, -0.2) is 47.8 Å². The largest absolute Gasteiger partial charge is 0.497 e. The van der Waals surface area contributed by atoms with Crippen LogP contribution in [0.1, 0.15) is 49.0 Å². The van der Waals surface area contributed by atoms with Gasteiger partial charge in [-0.2, -0.15) is 4.98 Å². The molecular weight excluding hydrogens is 410 g/mol. The molecule has 3 aromatic rings. The van der Waals surface area contributed by atoms with Crippen molar-refractivity contribution in [3.8, 4) is 28.6 Å². The van der Waals surface area contributed by atoms with Crippen LogP contribution in [0.25, 0.3) is 11.4 Å². The van der Waals surface area contributed by atoms with E-state index in [0.29, 0.717) is 48.5 Å². The lowest BCUT2D eigenvalue weighted by atomic mass is 10.1. The van der Waals surface area contributed by atoms with Crippen LogP contribution in [0.15, 0.2) is 47.0 Å². The minimum atomic E-state index is -0.260. The molecule has 2 aromatic carbocycles. The van der Waals surface area contributed by atoms with E-state index in [1.807, 2.05) is 38.1 Å². The highest BCUT2D eigenvalue weighted by Crippen LogP contribution is 2.35. The third-order valence-corrected chi connectivity index (χ3v) is 5.38. The highest BCUT2D eigenvalue weighted by Gasteiger charge is 2.35. The van der Waals surface area contributed by atoms with Crippen LogP contribution in [0.5, 0.6) is 17.2 Å². The van der Waals surface area contributed by atoms with Gasteiger partial charge in [0.05, 0.1) is 20.3 Å². The predicted molar refractivity (Wildman–Crippen MR) is 118 cm³/mol. The van der Waals surface area contributed by atoms with Gasteiger partial charge in [-0.05, 0) is 69.2 Å². The molecule has 168 valence electrons. The van der Waals surface area contributed by atoms with E-state index in [9.17, 15) is 4.79 Å². The molecule has 8 heteroatoms. The average Bonchev–Trinajstić information content (AvgIpc) is 3.50. The van der Waals surface area contributed by atoms with Gasteiger partial charge in [-0.1, -0.05) is 5.16 Å². The normalized spacial score (nSPS) is 15.6. The van der Waals surface area contributed by atoms with Crippen LogP contribution in [0.3, 0.4) is 0 Å². The fourth-order valence-electron chi connectivity index (χ4n) is 3.84. The molecule has 0 spiro atoms. The van der Waals surface area contributed by atoms with Gasteiger partial charge in [-0.15, -0.1) is 0 Å². The monoisotopic (exact) mass is 437 g/mol. The molecule has 0 aliphatic carbocycles. The molecule has 1 aliphatic rings. The summed E-state index contributed by atoms with van der Waals surface area (Å²) in [5.41, 5.74) is 1.36. The van der Waals surface area contributed by atoms with Gasteiger partial charge >= 0.3 is 0 Å². The molecule has 0 radical (unpaired) electrons. The van der Waals surface area contributed by atoms with Crippen molar-refractivity contribution in [1.29, 1.82) is 0 Å². The Morgan fingerprint density at radius 3 is 2.56 bits per heavy atom. The van der Waals surface area contributed by atoms with Crippen LogP contribution in [-0.2, 0) is 0 Å². The predicted octanol–water partition coefficient (Wildman–Crippen LogP) is 4.52. The van der Waals surface area contributed by atoms with Crippen molar-refractivity contribution >= 4 is 5.91 Å². The summed E-state index contributed by atoms with van der Waals surface area (Å²) in [6.45, 7) is 5.45. The van der Waals surface area contributed by atoms with E-state index in [0.717, 1.165) is 24.2 Å². The van der Waals surface area contributed by atoms with Crippen molar-refractivity contribution in [2.75, 3.05) is 26.9 Å². The lowest BCUT2D eigenvalue weighted by Crippen LogP contribution is -2.30. The Morgan fingerprint density at radius 1 is 1.09 bits per heavy atom. The number of amides is 1. The summed E-state index contributed by atoms with van der Waals surface area (Å²) in [7, 11) is 1.62. The van der Waals surface area contributed by atoms with Crippen molar-refractivity contribution in [3.05, 3.63) is 53.9 Å². The summed E-state index contributed by atoms with van der Waals surface area (Å²) in [5, 5.41) is 4.12. The van der Waals surface area contributed by atoms with Crippen LogP contribution in [0, 0.1) is 0 Å². The van der Waals surface area contributed by atoms with E-state index in [2.05, 4.69) is 10.1 Å². The minimum Gasteiger partial charge on any atom is -0.497 e. The van der Waals surface area contributed by atoms with Crippen LogP contribution in [0.2, 0.25) is 0 Å². The van der Waals surface area contributed by atoms with Gasteiger partial charge in [0.2, 0.25) is 11.7 Å². The van der Waals surface area contributed by atoms with E-state index in [1.54, 1.807) is 30.2 Å². The lowest BCUT2D eigenvalue weighted by molar-refractivity contribution is 0.0709. The molecule has 1 aromatic heterocycles. The Bertz CT molecular complexity index is 1060. The first-order valence-corrected chi connectivity index (χ1v) is 10.8. The Kier molecular flexibility index (Phi) is 6.58. The van der Waals surface area contributed by atoms with Gasteiger partial charge in [0.25, 0.3) is 5.91 Å². The van der Waals surface area contributed by atoms with E-state index in [4.69, 9.17) is 18.7 Å². The number of hydrogen-bond donors (Lipinski definition) is 0. The standard InChI is InChI=1S/C24H27N3O5/c1-4-30-20-13-10-17(15-21(20)31-5-2)24(28)27-14-6-7-19(27)23-25-22(26-32-23)16-8-11-18(29-3)12-9-16/h8-13,15,19H,4-7,14H2,1-3H3/t19-/m1/s1. The van der Waals surface area contributed by atoms with E-state index in [-0.39, 0.29) is 11.9 Å². The number of benzene rings is 2. The first-order chi connectivity index (χ1) is 15.6. The zero-order valence-electron chi connectivity index (χ0n) is 18.5. The number of aromatic nitrogens is 2. The number of rotatable bonds is 8. The molecule has 1 aliphatic heterocycles. The Hall–Kier alpha value is -3.55. The smallest absolute Gasteiger partial charge is 0.254 e. The van der Waals surface area contributed by atoms with E-state index >= 15 is 0 Å². The van der Waals surface area contributed by atoms with Crippen molar-refractivity contribution < 1.29 is 23.5 Å². The van der Waals surface area contributed by atoms with Gasteiger partial charge in [-0.25, -0.2) is 0 Å². The highest BCUT2D eigenvalue weighted by atomic mass is 16.5. The molecule has 0 unspecified atom stereocenters. The maximum absolute atomic E-state index is 13.3. The second-order valence-corrected chi connectivity index (χ2v) is 7.37. The minimum absolute atomic E-state index is 0.0966. The zero-order chi connectivity index (χ0) is 22.5. The van der Waals surface area contributed by atoms with Gasteiger partial charge in [0.15, 0.2) is 11.5 Å². The second-order valence-electron chi connectivity index (χ2n) is 7.37. The fraction of sp³-hybridized carbons (Fsp3) is 0.375. The molecule has 1 amide bonds. The maximum atomic E-state index is 13.3. The number of carbonyl (C=O) groups is 1. The molecule has 0 N–H and O–H groups in total. The molecule has 1 atom stereocenters. The lowest BCUT2D eigenvalue weighted by Gasteiger charge is -2.22. The van der Waals surface area contributed by atoms with E-state index in [1.165, 1.54) is 0 Å². The van der Waals surface area contributed by atoms with Crippen molar-refractivity contribution in [1.82, 2.24) is 15.0 Å². The topological polar surface area (TPSA) is 86.9 Å².